The molecular weight excluding hydrogens is 446 g/mol. The van der Waals surface area contributed by atoms with Gasteiger partial charge in [0, 0.05) is 10.0 Å². The van der Waals surface area contributed by atoms with Gasteiger partial charge in [0.05, 0.1) is 19.7 Å². The number of carbonyl (C=O) groups is 3. The van der Waals surface area contributed by atoms with E-state index in [4.69, 9.17) is 19.7 Å². The van der Waals surface area contributed by atoms with Crippen molar-refractivity contribution in [2.75, 3.05) is 13.7 Å². The summed E-state index contributed by atoms with van der Waals surface area (Å²) >= 11 is 4.26. The fraction of sp³-hybridized carbons (Fsp3) is 0.267. The summed E-state index contributed by atoms with van der Waals surface area (Å²) in [5, 5.41) is 27.1. The molecule has 1 aliphatic rings. The zero-order valence-corrected chi connectivity index (χ0v) is 16.2. The van der Waals surface area contributed by atoms with Crippen molar-refractivity contribution in [1.29, 1.82) is 0 Å². The number of rotatable bonds is 8. The van der Waals surface area contributed by atoms with Crippen LogP contribution < -0.4 is 14.8 Å². The first-order valence-corrected chi connectivity index (χ1v) is 9.00. The zero-order chi connectivity index (χ0) is 20.0. The molecule has 0 spiro atoms. The number of nitrogens with zero attached hydrogens (tertiary/aromatic N) is 2. The molecule has 1 heterocycles. The van der Waals surface area contributed by atoms with Gasteiger partial charge in [-0.1, -0.05) is 27.7 Å². The Hall–Kier alpha value is -2.60. The van der Waals surface area contributed by atoms with Crippen LogP contribution in [0.2, 0.25) is 0 Å². The minimum atomic E-state index is -1.15. The van der Waals surface area contributed by atoms with E-state index in [0.717, 1.165) is 11.8 Å². The van der Waals surface area contributed by atoms with Gasteiger partial charge in [0.15, 0.2) is 23.3 Å². The highest BCUT2D eigenvalue weighted by atomic mass is 79.9. The molecule has 1 amide bonds. The molecule has 12 heteroatoms. The Labute approximate surface area is 165 Å². The van der Waals surface area contributed by atoms with Crippen LogP contribution in [0.25, 0.3) is 0 Å². The largest absolute Gasteiger partial charge is 0.493 e. The number of benzene rings is 1. The molecule has 1 aromatic rings. The van der Waals surface area contributed by atoms with E-state index in [9.17, 15) is 14.4 Å². The predicted molar refractivity (Wildman–Crippen MR) is 101 cm³/mol. The van der Waals surface area contributed by atoms with Crippen LogP contribution in [0.5, 0.6) is 11.5 Å². The lowest BCUT2D eigenvalue weighted by Gasteiger charge is -2.12. The number of aliphatic carboxylic acids is 2. The molecule has 10 nitrogen and oxygen atoms in total. The Bertz CT molecular complexity index is 828. The molecule has 2 rings (SSSR count). The van der Waals surface area contributed by atoms with Gasteiger partial charge in [-0.3, -0.25) is 9.59 Å². The number of thioether (sulfide) groups is 1. The smallest absolute Gasteiger partial charge is 0.341 e. The summed E-state index contributed by atoms with van der Waals surface area (Å²) in [6.45, 7) is -0.573. The van der Waals surface area contributed by atoms with E-state index in [0.29, 0.717) is 15.8 Å². The molecule has 1 atom stereocenters. The van der Waals surface area contributed by atoms with Crippen LogP contribution in [0.15, 0.2) is 26.8 Å². The second-order valence-electron chi connectivity index (χ2n) is 5.05. The van der Waals surface area contributed by atoms with Gasteiger partial charge in [-0.25, -0.2) is 4.79 Å². The van der Waals surface area contributed by atoms with Crippen molar-refractivity contribution in [3.63, 3.8) is 0 Å². The number of halogens is 1. The highest BCUT2D eigenvalue weighted by Gasteiger charge is 2.32. The molecule has 1 saturated heterocycles. The maximum atomic E-state index is 11.7. The number of hydrogen-bond donors (Lipinski definition) is 3. The summed E-state index contributed by atoms with van der Waals surface area (Å²) in [6.07, 6.45) is 0.976. The van der Waals surface area contributed by atoms with Crippen molar-refractivity contribution >= 4 is 56.9 Å². The lowest BCUT2D eigenvalue weighted by atomic mass is 10.2. The fourth-order valence-corrected chi connectivity index (χ4v) is 3.38. The van der Waals surface area contributed by atoms with Gasteiger partial charge in [0.25, 0.3) is 0 Å². The first-order chi connectivity index (χ1) is 12.8. The van der Waals surface area contributed by atoms with Gasteiger partial charge >= 0.3 is 11.9 Å². The number of amides is 1. The molecule has 27 heavy (non-hydrogen) atoms. The standard InChI is InChI=1S/C15H14BrN3O7S/c1-25-9-3-8(16)2-7(13(9)26-6-12(22)23)5-17-19-15-18-14(24)10(27-15)4-11(20)21/h2-3,5,10H,4,6H2,1H3,(H,20,21)(H,22,23)(H,18,19,24). The number of carboxylic acids is 2. The van der Waals surface area contributed by atoms with Crippen LogP contribution in [0.4, 0.5) is 0 Å². The van der Waals surface area contributed by atoms with Gasteiger partial charge in [0.1, 0.15) is 5.25 Å². The quantitative estimate of drug-likeness (QED) is 0.389. The van der Waals surface area contributed by atoms with Crippen LogP contribution in [0.3, 0.4) is 0 Å². The van der Waals surface area contributed by atoms with Crippen molar-refractivity contribution in [3.8, 4) is 11.5 Å². The predicted octanol–water partition coefficient (Wildman–Crippen LogP) is 1.32. The summed E-state index contributed by atoms with van der Waals surface area (Å²) < 4.78 is 11.1. The number of nitrogens with one attached hydrogen (secondary N) is 1. The number of carboxylic acid groups (broad SMARTS) is 2. The number of ether oxygens (including phenoxy) is 2. The summed E-state index contributed by atoms with van der Waals surface area (Å²) in [6, 6.07) is 3.22. The Kier molecular flexibility index (Phi) is 7.19. The van der Waals surface area contributed by atoms with Crippen molar-refractivity contribution in [2.45, 2.75) is 11.7 Å². The third kappa shape index (κ3) is 5.96. The van der Waals surface area contributed by atoms with Gasteiger partial charge in [-0.15, -0.1) is 5.10 Å². The highest BCUT2D eigenvalue weighted by Crippen LogP contribution is 2.34. The summed E-state index contributed by atoms with van der Waals surface area (Å²) in [7, 11) is 1.41. The van der Waals surface area contributed by atoms with Gasteiger partial charge in [-0.05, 0) is 12.1 Å². The van der Waals surface area contributed by atoms with Crippen LogP contribution in [0.1, 0.15) is 12.0 Å². The highest BCUT2D eigenvalue weighted by molar-refractivity contribution is 9.10. The molecule has 1 fully saturated rings. The van der Waals surface area contributed by atoms with E-state index in [1.807, 2.05) is 0 Å². The van der Waals surface area contributed by atoms with E-state index >= 15 is 0 Å². The topological polar surface area (TPSA) is 147 Å². The van der Waals surface area contributed by atoms with Crippen molar-refractivity contribution in [3.05, 3.63) is 22.2 Å². The lowest BCUT2D eigenvalue weighted by molar-refractivity contribution is -0.139. The second-order valence-corrected chi connectivity index (χ2v) is 7.16. The van der Waals surface area contributed by atoms with Gasteiger partial charge in [0.2, 0.25) is 5.91 Å². The third-order valence-electron chi connectivity index (χ3n) is 3.09. The van der Waals surface area contributed by atoms with Crippen molar-refractivity contribution in [2.24, 2.45) is 10.2 Å². The normalized spacial score (nSPS) is 17.9. The van der Waals surface area contributed by atoms with E-state index in [2.05, 4.69) is 31.4 Å². The van der Waals surface area contributed by atoms with Gasteiger partial charge in [-0.2, -0.15) is 5.10 Å². The minimum absolute atomic E-state index is 0.164. The molecule has 0 bridgehead atoms. The molecule has 0 saturated carbocycles. The number of methoxy groups -OCH3 is 1. The fourth-order valence-electron chi connectivity index (χ4n) is 2.01. The number of hydrogen-bond acceptors (Lipinski definition) is 8. The third-order valence-corrected chi connectivity index (χ3v) is 4.62. The second kappa shape index (κ2) is 9.37. The maximum Gasteiger partial charge on any atom is 0.341 e. The van der Waals surface area contributed by atoms with E-state index in [1.54, 1.807) is 12.1 Å². The Morgan fingerprint density at radius 2 is 2.11 bits per heavy atom. The lowest BCUT2D eigenvalue weighted by Crippen LogP contribution is -2.26. The SMILES string of the molecule is COc1cc(Br)cc(C=NN=C2NC(=O)C(CC(=O)O)S2)c1OCC(=O)O. The first-order valence-electron chi connectivity index (χ1n) is 7.32. The number of amidine groups is 1. The Morgan fingerprint density at radius 1 is 1.37 bits per heavy atom. The molecule has 0 aromatic heterocycles. The van der Waals surface area contributed by atoms with Crippen molar-refractivity contribution < 1.29 is 34.1 Å². The summed E-state index contributed by atoms with van der Waals surface area (Å²) in [4.78, 5) is 33.1. The molecule has 1 aliphatic heterocycles. The zero-order valence-electron chi connectivity index (χ0n) is 13.8. The van der Waals surface area contributed by atoms with Crippen molar-refractivity contribution in [1.82, 2.24) is 5.32 Å². The molecule has 144 valence electrons. The van der Waals surface area contributed by atoms with E-state index in [-0.39, 0.29) is 17.3 Å². The van der Waals surface area contributed by atoms with E-state index < -0.39 is 29.7 Å². The van der Waals surface area contributed by atoms with Crippen LogP contribution in [0, 0.1) is 0 Å². The monoisotopic (exact) mass is 459 g/mol. The average Bonchev–Trinajstić information content (AvgIpc) is 2.92. The van der Waals surface area contributed by atoms with Crippen LogP contribution in [-0.4, -0.2) is 58.4 Å². The molecule has 1 unspecified atom stereocenters. The first kappa shape index (κ1) is 20.7. The molecular formula is C15H14BrN3O7S. The minimum Gasteiger partial charge on any atom is -0.493 e. The Morgan fingerprint density at radius 3 is 2.74 bits per heavy atom. The molecule has 1 aromatic carbocycles. The average molecular weight is 460 g/mol. The summed E-state index contributed by atoms with van der Waals surface area (Å²) in [5.41, 5.74) is 0.392. The number of carbonyl (C=O) groups excluding carboxylic acids is 1. The van der Waals surface area contributed by atoms with Gasteiger partial charge < -0.3 is 25.0 Å². The maximum absolute atomic E-state index is 11.7. The molecule has 0 radical (unpaired) electrons. The van der Waals surface area contributed by atoms with Crippen LogP contribution in [-0.2, 0) is 14.4 Å². The Balaban J connectivity index is 2.20. The summed E-state index contributed by atoms with van der Waals surface area (Å²) in [5.74, 6) is -2.24. The molecule has 0 aliphatic carbocycles. The molecule has 3 N–H and O–H groups in total. The van der Waals surface area contributed by atoms with E-state index in [1.165, 1.54) is 13.3 Å². The van der Waals surface area contributed by atoms with Crippen LogP contribution >= 0.6 is 27.7 Å².